The first-order chi connectivity index (χ1) is 8.57. The first-order valence-electron chi connectivity index (χ1n) is 6.51. The van der Waals surface area contributed by atoms with Gasteiger partial charge in [-0.25, -0.2) is 0 Å². The van der Waals surface area contributed by atoms with Crippen LogP contribution in [0.3, 0.4) is 0 Å². The molecule has 2 nitrogen and oxygen atoms in total. The first-order valence-corrected chi connectivity index (χ1v) is 6.51. The van der Waals surface area contributed by atoms with E-state index in [1.54, 1.807) is 0 Å². The highest BCUT2D eigenvalue weighted by Crippen LogP contribution is 2.10. The van der Waals surface area contributed by atoms with Crippen molar-refractivity contribution in [2.24, 2.45) is 11.7 Å². The van der Waals surface area contributed by atoms with Gasteiger partial charge in [-0.15, -0.1) is 0 Å². The van der Waals surface area contributed by atoms with E-state index in [9.17, 15) is 4.79 Å². The van der Waals surface area contributed by atoms with Crippen LogP contribution < -0.4 is 5.73 Å². The predicted molar refractivity (Wildman–Crippen MR) is 79.1 cm³/mol. The summed E-state index contributed by atoms with van der Waals surface area (Å²) in [6.45, 7) is 6.15. The number of rotatable bonds is 8. The summed E-state index contributed by atoms with van der Waals surface area (Å²) in [5.41, 5.74) is 6.02. The Hall–Kier alpha value is -1.57. The second kappa shape index (κ2) is 10.6. The van der Waals surface area contributed by atoms with Gasteiger partial charge in [0.25, 0.3) is 0 Å². The third-order valence-electron chi connectivity index (χ3n) is 2.32. The average molecular weight is 247 g/mol. The van der Waals surface area contributed by atoms with Gasteiger partial charge in [-0.05, 0) is 32.1 Å². The lowest BCUT2D eigenvalue weighted by Gasteiger charge is -2.04. The van der Waals surface area contributed by atoms with E-state index in [-0.39, 0.29) is 5.91 Å². The molecule has 100 valence electrons. The van der Waals surface area contributed by atoms with E-state index in [1.165, 1.54) is 0 Å². The molecule has 0 aliphatic rings. The third kappa shape index (κ3) is 9.64. The van der Waals surface area contributed by atoms with Gasteiger partial charge in [0.1, 0.15) is 0 Å². The Morgan fingerprint density at radius 1 is 1.11 bits per heavy atom. The van der Waals surface area contributed by atoms with E-state index >= 15 is 0 Å². The van der Waals surface area contributed by atoms with Crippen molar-refractivity contribution in [3.05, 3.63) is 48.1 Å². The standard InChI is InChI=1S/C16H25NO/c1-4-5-6-7-8-9-10-11-12-15(16(17)18)13-14(2)3/h4-7,10-12,14H,8-9,13H2,1-3H3,(H2,17,18). The largest absolute Gasteiger partial charge is 0.366 e. The van der Waals surface area contributed by atoms with E-state index in [4.69, 9.17) is 5.73 Å². The van der Waals surface area contributed by atoms with Gasteiger partial charge in [-0.3, -0.25) is 4.79 Å². The molecule has 0 fully saturated rings. The molecule has 2 heteroatoms. The second-order valence-corrected chi connectivity index (χ2v) is 4.61. The fourth-order valence-corrected chi connectivity index (χ4v) is 1.45. The van der Waals surface area contributed by atoms with Gasteiger partial charge in [0.2, 0.25) is 5.91 Å². The zero-order chi connectivity index (χ0) is 13.8. The van der Waals surface area contributed by atoms with Crippen molar-refractivity contribution in [2.45, 2.75) is 40.0 Å². The lowest BCUT2D eigenvalue weighted by molar-refractivity contribution is -0.114. The predicted octanol–water partition coefficient (Wildman–Crippen LogP) is 3.91. The molecule has 0 aromatic rings. The molecule has 0 bridgehead atoms. The molecule has 2 N–H and O–H groups in total. The summed E-state index contributed by atoms with van der Waals surface area (Å²) in [4.78, 5) is 11.2. The van der Waals surface area contributed by atoms with Crippen LogP contribution in [0, 0.1) is 5.92 Å². The van der Waals surface area contributed by atoms with E-state index < -0.39 is 0 Å². The number of unbranched alkanes of at least 4 members (excludes halogenated alkanes) is 1. The molecule has 0 heterocycles. The van der Waals surface area contributed by atoms with Crippen molar-refractivity contribution in [3.63, 3.8) is 0 Å². The molecule has 0 atom stereocenters. The Morgan fingerprint density at radius 3 is 2.22 bits per heavy atom. The summed E-state index contributed by atoms with van der Waals surface area (Å²) in [6.07, 6.45) is 16.7. The van der Waals surface area contributed by atoms with Crippen LogP contribution in [-0.2, 0) is 4.79 Å². The van der Waals surface area contributed by atoms with Crippen LogP contribution in [0.2, 0.25) is 0 Å². The molecule has 0 aliphatic carbocycles. The number of allylic oxidation sites excluding steroid dienone is 7. The molecule has 18 heavy (non-hydrogen) atoms. The molecule has 0 saturated carbocycles. The SMILES string of the molecule is CC=CC=CCCC=CC=C(CC(C)C)C(N)=O. The summed E-state index contributed by atoms with van der Waals surface area (Å²) in [5, 5.41) is 0. The lowest BCUT2D eigenvalue weighted by Crippen LogP contribution is -2.15. The molecular weight excluding hydrogens is 222 g/mol. The van der Waals surface area contributed by atoms with Crippen LogP contribution in [0.4, 0.5) is 0 Å². The Kier molecular flexibility index (Phi) is 9.65. The quantitative estimate of drug-likeness (QED) is 0.394. The zero-order valence-corrected chi connectivity index (χ0v) is 11.7. The van der Waals surface area contributed by atoms with Crippen molar-refractivity contribution in [2.75, 3.05) is 0 Å². The van der Waals surface area contributed by atoms with Gasteiger partial charge < -0.3 is 5.73 Å². The number of hydrogen-bond donors (Lipinski definition) is 1. The molecular formula is C16H25NO. The van der Waals surface area contributed by atoms with Crippen LogP contribution in [0.5, 0.6) is 0 Å². The number of carbonyl (C=O) groups excluding carboxylic acids is 1. The van der Waals surface area contributed by atoms with Crippen molar-refractivity contribution >= 4 is 5.91 Å². The van der Waals surface area contributed by atoms with Crippen molar-refractivity contribution < 1.29 is 4.79 Å². The van der Waals surface area contributed by atoms with Crippen LogP contribution in [0.25, 0.3) is 0 Å². The van der Waals surface area contributed by atoms with Gasteiger partial charge >= 0.3 is 0 Å². The molecule has 1 amide bonds. The van der Waals surface area contributed by atoms with Crippen LogP contribution >= 0.6 is 0 Å². The van der Waals surface area contributed by atoms with E-state index in [1.807, 2.05) is 37.3 Å². The highest BCUT2D eigenvalue weighted by molar-refractivity contribution is 5.92. The molecule has 0 spiro atoms. The molecule has 0 radical (unpaired) electrons. The Balaban J connectivity index is 4.11. The fraction of sp³-hybridized carbons (Fsp3) is 0.438. The number of hydrogen-bond acceptors (Lipinski definition) is 1. The highest BCUT2D eigenvalue weighted by Gasteiger charge is 2.05. The molecule has 0 saturated heterocycles. The molecule has 0 aliphatic heterocycles. The second-order valence-electron chi connectivity index (χ2n) is 4.61. The molecule has 0 aromatic heterocycles. The van der Waals surface area contributed by atoms with Crippen LogP contribution in [0.15, 0.2) is 48.1 Å². The Labute approximate surface area is 111 Å². The van der Waals surface area contributed by atoms with Crippen molar-refractivity contribution in [1.82, 2.24) is 0 Å². The molecule has 0 rings (SSSR count). The van der Waals surface area contributed by atoms with Crippen molar-refractivity contribution in [1.29, 1.82) is 0 Å². The minimum Gasteiger partial charge on any atom is -0.366 e. The summed E-state index contributed by atoms with van der Waals surface area (Å²) in [7, 11) is 0. The van der Waals surface area contributed by atoms with Gasteiger partial charge in [-0.1, -0.05) is 56.4 Å². The normalized spacial score (nSPS) is 13.4. The summed E-state index contributed by atoms with van der Waals surface area (Å²) < 4.78 is 0. The van der Waals surface area contributed by atoms with E-state index in [0.29, 0.717) is 11.5 Å². The number of primary amides is 1. The van der Waals surface area contributed by atoms with Gasteiger partial charge in [-0.2, -0.15) is 0 Å². The minimum atomic E-state index is -0.318. The van der Waals surface area contributed by atoms with Gasteiger partial charge in [0.05, 0.1) is 0 Å². The summed E-state index contributed by atoms with van der Waals surface area (Å²) in [6, 6.07) is 0. The third-order valence-corrected chi connectivity index (χ3v) is 2.32. The number of amides is 1. The molecule has 0 aromatic carbocycles. The molecule has 0 unspecified atom stereocenters. The lowest BCUT2D eigenvalue weighted by atomic mass is 10.0. The van der Waals surface area contributed by atoms with E-state index in [2.05, 4.69) is 26.0 Å². The van der Waals surface area contributed by atoms with Gasteiger partial charge in [0.15, 0.2) is 0 Å². The number of nitrogens with two attached hydrogens (primary N) is 1. The Morgan fingerprint density at radius 2 is 1.72 bits per heavy atom. The number of carbonyl (C=O) groups is 1. The maximum atomic E-state index is 11.2. The maximum absolute atomic E-state index is 11.2. The smallest absolute Gasteiger partial charge is 0.244 e. The van der Waals surface area contributed by atoms with Crippen LogP contribution in [-0.4, -0.2) is 5.91 Å². The fourth-order valence-electron chi connectivity index (χ4n) is 1.45. The topological polar surface area (TPSA) is 43.1 Å². The highest BCUT2D eigenvalue weighted by atomic mass is 16.1. The first kappa shape index (κ1) is 16.4. The van der Waals surface area contributed by atoms with Crippen LogP contribution in [0.1, 0.15) is 40.0 Å². The monoisotopic (exact) mass is 247 g/mol. The summed E-state index contributed by atoms with van der Waals surface area (Å²) in [5.74, 6) is 0.127. The maximum Gasteiger partial charge on any atom is 0.244 e. The van der Waals surface area contributed by atoms with E-state index in [0.717, 1.165) is 19.3 Å². The summed E-state index contributed by atoms with van der Waals surface area (Å²) >= 11 is 0. The zero-order valence-electron chi connectivity index (χ0n) is 11.7. The minimum absolute atomic E-state index is 0.318. The Bertz CT molecular complexity index is 346. The van der Waals surface area contributed by atoms with Gasteiger partial charge in [0, 0.05) is 5.57 Å². The average Bonchev–Trinajstić information content (AvgIpc) is 2.30. The van der Waals surface area contributed by atoms with Crippen molar-refractivity contribution in [3.8, 4) is 0 Å².